The smallest absolute Gasteiger partial charge is 0.316 e. The van der Waals surface area contributed by atoms with Crippen LogP contribution in [0.25, 0.3) is 0 Å². The molecule has 0 saturated heterocycles. The average Bonchev–Trinajstić information content (AvgIpc) is 1.86. The van der Waals surface area contributed by atoms with Crippen LogP contribution in [0.5, 0.6) is 0 Å². The normalized spacial score (nSPS) is 10.3. The highest BCUT2D eigenvalue weighted by atomic mass is 35.5. The van der Waals surface area contributed by atoms with Crippen molar-refractivity contribution >= 4 is 17.0 Å². The molecule has 0 radical (unpaired) electrons. The zero-order chi connectivity index (χ0) is 8.85. The van der Waals surface area contributed by atoms with E-state index < -0.39 is 0 Å². The van der Waals surface area contributed by atoms with Crippen molar-refractivity contribution in [3.63, 3.8) is 0 Å². The second kappa shape index (κ2) is 5.42. The van der Waals surface area contributed by atoms with Crippen LogP contribution in [0.3, 0.4) is 0 Å². The summed E-state index contributed by atoms with van der Waals surface area (Å²) < 4.78 is 0. The molecular formula is C8H16ClNO. The van der Waals surface area contributed by atoms with Crippen molar-refractivity contribution in [2.24, 2.45) is 5.92 Å². The number of halogens is 1. The van der Waals surface area contributed by atoms with E-state index in [9.17, 15) is 4.79 Å². The van der Waals surface area contributed by atoms with Crippen LogP contribution in [-0.2, 0) is 0 Å². The maximum Gasteiger partial charge on any atom is 0.316 e. The van der Waals surface area contributed by atoms with Gasteiger partial charge in [-0.2, -0.15) is 0 Å². The number of nitrogens with zero attached hydrogens (tertiary/aromatic N) is 1. The number of hydrogen-bond donors (Lipinski definition) is 0. The second-order valence-corrected chi connectivity index (χ2v) is 3.53. The molecule has 0 aromatic carbocycles. The zero-order valence-corrected chi connectivity index (χ0v) is 8.19. The summed E-state index contributed by atoms with van der Waals surface area (Å²) in [7, 11) is 1.72. The Balaban J connectivity index is 3.31. The minimum absolute atomic E-state index is 0.367. The van der Waals surface area contributed by atoms with Gasteiger partial charge in [-0.25, -0.2) is 0 Å². The summed E-state index contributed by atoms with van der Waals surface area (Å²) in [6.45, 7) is 5.10. The number of hydrogen-bond acceptors (Lipinski definition) is 1. The van der Waals surface area contributed by atoms with Crippen LogP contribution >= 0.6 is 11.6 Å². The van der Waals surface area contributed by atoms with Crippen molar-refractivity contribution in [1.29, 1.82) is 0 Å². The van der Waals surface area contributed by atoms with Gasteiger partial charge in [0.15, 0.2) is 0 Å². The Hall–Kier alpha value is -0.240. The van der Waals surface area contributed by atoms with E-state index in [1.54, 1.807) is 7.05 Å². The van der Waals surface area contributed by atoms with E-state index in [4.69, 9.17) is 11.6 Å². The first-order valence-corrected chi connectivity index (χ1v) is 4.32. The third-order valence-corrected chi connectivity index (χ3v) is 1.86. The number of amides is 1. The molecule has 3 heteroatoms. The quantitative estimate of drug-likeness (QED) is 0.478. The van der Waals surface area contributed by atoms with E-state index in [1.807, 2.05) is 0 Å². The summed E-state index contributed by atoms with van der Waals surface area (Å²) in [4.78, 5) is 12.0. The van der Waals surface area contributed by atoms with Gasteiger partial charge in [-0.3, -0.25) is 4.79 Å². The van der Waals surface area contributed by atoms with Crippen molar-refractivity contribution in [2.75, 3.05) is 13.6 Å². The molecule has 0 aliphatic rings. The summed E-state index contributed by atoms with van der Waals surface area (Å²) in [6.07, 6.45) is 2.18. The summed E-state index contributed by atoms with van der Waals surface area (Å²) in [5, 5.41) is -0.367. The van der Waals surface area contributed by atoms with Crippen LogP contribution in [0.2, 0.25) is 0 Å². The van der Waals surface area contributed by atoms with Crippen molar-refractivity contribution in [3.8, 4) is 0 Å². The average molecular weight is 178 g/mol. The second-order valence-electron chi connectivity index (χ2n) is 3.21. The fourth-order valence-corrected chi connectivity index (χ4v) is 0.909. The molecule has 0 unspecified atom stereocenters. The Morgan fingerprint density at radius 3 is 2.45 bits per heavy atom. The SMILES string of the molecule is CC(C)CCCN(C)C(=O)Cl. The van der Waals surface area contributed by atoms with E-state index in [0.717, 1.165) is 19.4 Å². The van der Waals surface area contributed by atoms with E-state index in [2.05, 4.69) is 13.8 Å². The Labute approximate surface area is 73.5 Å². The third-order valence-electron chi connectivity index (χ3n) is 1.58. The molecule has 66 valence electrons. The minimum Gasteiger partial charge on any atom is -0.332 e. The maximum absolute atomic E-state index is 10.5. The van der Waals surface area contributed by atoms with Gasteiger partial charge in [0, 0.05) is 13.6 Å². The van der Waals surface area contributed by atoms with Gasteiger partial charge in [-0.05, 0) is 30.4 Å². The molecule has 0 aromatic heterocycles. The lowest BCUT2D eigenvalue weighted by Gasteiger charge is -2.13. The van der Waals surface area contributed by atoms with Gasteiger partial charge in [0.05, 0.1) is 0 Å². The van der Waals surface area contributed by atoms with Crippen LogP contribution < -0.4 is 0 Å². The first-order chi connectivity index (χ1) is 5.04. The van der Waals surface area contributed by atoms with Gasteiger partial charge in [0.1, 0.15) is 0 Å². The monoisotopic (exact) mass is 177 g/mol. The van der Waals surface area contributed by atoms with Crippen LogP contribution in [0.15, 0.2) is 0 Å². The fourth-order valence-electron chi connectivity index (χ4n) is 0.825. The third kappa shape index (κ3) is 6.17. The molecule has 0 aliphatic carbocycles. The molecule has 0 aromatic rings. The first-order valence-electron chi connectivity index (χ1n) is 3.94. The summed E-state index contributed by atoms with van der Waals surface area (Å²) in [6, 6.07) is 0. The molecule has 1 amide bonds. The molecule has 0 spiro atoms. The lowest BCUT2D eigenvalue weighted by atomic mass is 10.1. The van der Waals surface area contributed by atoms with Crippen LogP contribution in [0.1, 0.15) is 26.7 Å². The van der Waals surface area contributed by atoms with Crippen molar-refractivity contribution in [2.45, 2.75) is 26.7 Å². The molecule has 0 atom stereocenters. The molecular weight excluding hydrogens is 162 g/mol. The highest BCUT2D eigenvalue weighted by Crippen LogP contribution is 2.04. The van der Waals surface area contributed by atoms with Crippen molar-refractivity contribution in [1.82, 2.24) is 4.90 Å². The predicted octanol–water partition coefficient (Wildman–Crippen LogP) is 2.71. The number of rotatable bonds is 4. The van der Waals surface area contributed by atoms with Gasteiger partial charge in [0.25, 0.3) is 0 Å². The summed E-state index contributed by atoms with van der Waals surface area (Å²) in [5.41, 5.74) is 0. The van der Waals surface area contributed by atoms with Gasteiger partial charge in [0.2, 0.25) is 0 Å². The fraction of sp³-hybridized carbons (Fsp3) is 0.875. The first kappa shape index (κ1) is 10.8. The van der Waals surface area contributed by atoms with Crippen molar-refractivity contribution < 1.29 is 4.79 Å². The van der Waals surface area contributed by atoms with Crippen LogP contribution in [0.4, 0.5) is 4.79 Å². The highest BCUT2D eigenvalue weighted by Gasteiger charge is 2.03. The predicted molar refractivity (Wildman–Crippen MR) is 48.0 cm³/mol. The van der Waals surface area contributed by atoms with Crippen molar-refractivity contribution in [3.05, 3.63) is 0 Å². The van der Waals surface area contributed by atoms with Gasteiger partial charge < -0.3 is 4.90 Å². The molecule has 0 aliphatic heterocycles. The largest absolute Gasteiger partial charge is 0.332 e. The Kier molecular flexibility index (Phi) is 5.30. The van der Waals surface area contributed by atoms with Crippen LogP contribution in [0, 0.1) is 5.92 Å². The number of carbonyl (C=O) groups is 1. The molecule has 0 heterocycles. The van der Waals surface area contributed by atoms with E-state index in [1.165, 1.54) is 4.90 Å². The van der Waals surface area contributed by atoms with Crippen LogP contribution in [-0.4, -0.2) is 23.9 Å². The molecule has 0 fully saturated rings. The molecule has 0 N–H and O–H groups in total. The Morgan fingerprint density at radius 1 is 1.55 bits per heavy atom. The molecule has 0 bridgehead atoms. The van der Waals surface area contributed by atoms with E-state index >= 15 is 0 Å². The lowest BCUT2D eigenvalue weighted by molar-refractivity contribution is 0.230. The molecule has 11 heavy (non-hydrogen) atoms. The van der Waals surface area contributed by atoms with Gasteiger partial charge in [-0.15, -0.1) is 0 Å². The molecule has 0 rings (SSSR count). The molecule has 2 nitrogen and oxygen atoms in total. The van der Waals surface area contributed by atoms with E-state index in [0.29, 0.717) is 5.92 Å². The van der Waals surface area contributed by atoms with E-state index in [-0.39, 0.29) is 5.37 Å². The molecule has 0 saturated carbocycles. The zero-order valence-electron chi connectivity index (χ0n) is 7.43. The topological polar surface area (TPSA) is 20.3 Å². The number of carbonyl (C=O) groups excluding carboxylic acids is 1. The Bertz CT molecular complexity index is 125. The highest BCUT2D eigenvalue weighted by molar-refractivity contribution is 6.62. The maximum atomic E-state index is 10.5. The Morgan fingerprint density at radius 2 is 2.09 bits per heavy atom. The van der Waals surface area contributed by atoms with Gasteiger partial charge >= 0.3 is 5.37 Å². The summed E-state index contributed by atoms with van der Waals surface area (Å²) in [5.74, 6) is 0.703. The lowest BCUT2D eigenvalue weighted by Crippen LogP contribution is -2.22. The standard InChI is InChI=1S/C8H16ClNO/c1-7(2)5-4-6-10(3)8(9)11/h7H,4-6H2,1-3H3. The summed E-state index contributed by atoms with van der Waals surface area (Å²) >= 11 is 5.23. The minimum atomic E-state index is -0.367. The van der Waals surface area contributed by atoms with Gasteiger partial charge in [-0.1, -0.05) is 13.8 Å².